The van der Waals surface area contributed by atoms with E-state index in [4.69, 9.17) is 0 Å². The summed E-state index contributed by atoms with van der Waals surface area (Å²) in [7, 11) is 0. The highest BCUT2D eigenvalue weighted by molar-refractivity contribution is 5.88. The fourth-order valence-electron chi connectivity index (χ4n) is 4.46. The Morgan fingerprint density at radius 1 is 1.00 bits per heavy atom. The maximum absolute atomic E-state index is 12.6. The maximum atomic E-state index is 12.6. The third-order valence-electron chi connectivity index (χ3n) is 6.13. The predicted molar refractivity (Wildman–Crippen MR) is 79.7 cm³/mol. The third-order valence-corrected chi connectivity index (χ3v) is 6.13. The molecule has 0 aromatic rings. The summed E-state index contributed by atoms with van der Waals surface area (Å²) in [6.07, 6.45) is 10.1. The van der Waals surface area contributed by atoms with Crippen molar-refractivity contribution in [2.24, 2.45) is 23.7 Å². The number of carboxylic acids is 1. The van der Waals surface area contributed by atoms with E-state index < -0.39 is 11.5 Å². The average molecular weight is 293 g/mol. The molecule has 0 heterocycles. The third kappa shape index (κ3) is 2.95. The lowest BCUT2D eigenvalue weighted by atomic mass is 9.67. The highest BCUT2D eigenvalue weighted by Gasteiger charge is 2.49. The Balaban J connectivity index is 1.61. The molecule has 0 radical (unpaired) electrons. The van der Waals surface area contributed by atoms with Crippen LogP contribution in [0.4, 0.5) is 0 Å². The molecule has 1 amide bonds. The van der Waals surface area contributed by atoms with Crippen LogP contribution in [0.2, 0.25) is 0 Å². The zero-order valence-electron chi connectivity index (χ0n) is 12.9. The Morgan fingerprint density at radius 2 is 1.67 bits per heavy atom. The SMILES string of the molecule is CC(NC(=O)C1CCC2CCCCC2C1)(C(=O)O)C1CC1. The standard InChI is InChI=1S/C17H27NO3/c1-17(16(20)21,14-8-9-14)18-15(19)13-7-6-11-4-2-3-5-12(11)10-13/h11-14H,2-10H2,1H3,(H,18,19)(H,20,21). The number of fused-ring (bicyclic) bond motifs is 1. The van der Waals surface area contributed by atoms with E-state index in [9.17, 15) is 14.7 Å². The van der Waals surface area contributed by atoms with Gasteiger partial charge in [-0.2, -0.15) is 0 Å². The van der Waals surface area contributed by atoms with Crippen LogP contribution >= 0.6 is 0 Å². The van der Waals surface area contributed by atoms with Crippen LogP contribution in [-0.2, 0) is 9.59 Å². The maximum Gasteiger partial charge on any atom is 0.329 e. The molecule has 3 rings (SSSR count). The van der Waals surface area contributed by atoms with Crippen molar-refractivity contribution in [1.29, 1.82) is 0 Å². The highest BCUT2D eigenvalue weighted by Crippen LogP contribution is 2.44. The molecule has 2 N–H and O–H groups in total. The van der Waals surface area contributed by atoms with E-state index in [1.54, 1.807) is 6.92 Å². The van der Waals surface area contributed by atoms with Gasteiger partial charge in [-0.1, -0.05) is 25.7 Å². The summed E-state index contributed by atoms with van der Waals surface area (Å²) in [5.74, 6) is 0.754. The van der Waals surface area contributed by atoms with E-state index in [0.717, 1.165) is 38.0 Å². The van der Waals surface area contributed by atoms with Crippen LogP contribution in [0.1, 0.15) is 64.7 Å². The molecule has 4 unspecified atom stereocenters. The van der Waals surface area contributed by atoms with Crippen molar-refractivity contribution in [1.82, 2.24) is 5.32 Å². The quantitative estimate of drug-likeness (QED) is 0.837. The molecule has 0 bridgehead atoms. The number of amides is 1. The van der Waals surface area contributed by atoms with Crippen LogP contribution < -0.4 is 5.32 Å². The molecule has 4 heteroatoms. The predicted octanol–water partition coefficient (Wildman–Crippen LogP) is 2.96. The molecular weight excluding hydrogens is 266 g/mol. The molecule has 118 valence electrons. The Kier molecular flexibility index (Phi) is 3.98. The second-order valence-electron chi connectivity index (χ2n) is 7.59. The summed E-state index contributed by atoms with van der Waals surface area (Å²) in [5, 5.41) is 12.3. The first-order valence-corrected chi connectivity index (χ1v) is 8.56. The normalized spacial score (nSPS) is 35.4. The largest absolute Gasteiger partial charge is 0.480 e. The summed E-state index contributed by atoms with van der Waals surface area (Å²) >= 11 is 0. The van der Waals surface area contributed by atoms with Gasteiger partial charge < -0.3 is 10.4 Å². The number of nitrogens with one attached hydrogen (secondary N) is 1. The van der Waals surface area contributed by atoms with E-state index in [1.807, 2.05) is 0 Å². The average Bonchev–Trinajstić information content (AvgIpc) is 3.31. The number of carbonyl (C=O) groups is 2. The van der Waals surface area contributed by atoms with E-state index >= 15 is 0 Å². The smallest absolute Gasteiger partial charge is 0.329 e. The van der Waals surface area contributed by atoms with Gasteiger partial charge in [0.2, 0.25) is 5.91 Å². The van der Waals surface area contributed by atoms with E-state index in [1.165, 1.54) is 25.7 Å². The molecule has 0 aromatic heterocycles. The second-order valence-corrected chi connectivity index (χ2v) is 7.59. The Morgan fingerprint density at radius 3 is 2.29 bits per heavy atom. The molecule has 3 aliphatic carbocycles. The lowest BCUT2D eigenvalue weighted by Gasteiger charge is -2.39. The van der Waals surface area contributed by atoms with Gasteiger partial charge in [0.05, 0.1) is 0 Å². The van der Waals surface area contributed by atoms with Gasteiger partial charge in [-0.3, -0.25) is 4.79 Å². The van der Waals surface area contributed by atoms with Crippen LogP contribution in [0.3, 0.4) is 0 Å². The fourth-order valence-corrected chi connectivity index (χ4v) is 4.46. The van der Waals surface area contributed by atoms with Crippen LogP contribution in [0, 0.1) is 23.7 Å². The minimum Gasteiger partial charge on any atom is -0.480 e. The fraction of sp³-hybridized carbons (Fsp3) is 0.882. The number of carbonyl (C=O) groups excluding carboxylic acids is 1. The van der Waals surface area contributed by atoms with Crippen LogP contribution in [-0.4, -0.2) is 22.5 Å². The van der Waals surface area contributed by atoms with Gasteiger partial charge in [-0.05, 0) is 56.8 Å². The molecule has 4 nitrogen and oxygen atoms in total. The van der Waals surface area contributed by atoms with Crippen molar-refractivity contribution in [3.8, 4) is 0 Å². The summed E-state index contributed by atoms with van der Waals surface area (Å²) in [5.41, 5.74) is -1.06. The summed E-state index contributed by atoms with van der Waals surface area (Å²) in [6.45, 7) is 1.68. The first-order valence-electron chi connectivity index (χ1n) is 8.56. The minimum absolute atomic E-state index is 0.0178. The Bertz CT molecular complexity index is 432. The van der Waals surface area contributed by atoms with E-state index in [0.29, 0.717) is 5.92 Å². The van der Waals surface area contributed by atoms with Gasteiger partial charge in [0.1, 0.15) is 5.54 Å². The summed E-state index contributed by atoms with van der Waals surface area (Å²) in [4.78, 5) is 24.1. The van der Waals surface area contributed by atoms with Crippen LogP contribution in [0.5, 0.6) is 0 Å². The Labute approximate surface area is 126 Å². The molecule has 3 aliphatic rings. The lowest BCUT2D eigenvalue weighted by molar-refractivity contribution is -0.149. The summed E-state index contributed by atoms with van der Waals surface area (Å²) < 4.78 is 0. The van der Waals surface area contributed by atoms with Crippen molar-refractivity contribution in [3.05, 3.63) is 0 Å². The van der Waals surface area contributed by atoms with Gasteiger partial charge >= 0.3 is 5.97 Å². The van der Waals surface area contributed by atoms with Gasteiger partial charge in [0, 0.05) is 5.92 Å². The second kappa shape index (κ2) is 5.62. The van der Waals surface area contributed by atoms with Gasteiger partial charge in [0.25, 0.3) is 0 Å². The van der Waals surface area contributed by atoms with Crippen molar-refractivity contribution < 1.29 is 14.7 Å². The van der Waals surface area contributed by atoms with Crippen molar-refractivity contribution in [3.63, 3.8) is 0 Å². The lowest BCUT2D eigenvalue weighted by Crippen LogP contribution is -2.56. The van der Waals surface area contributed by atoms with Gasteiger partial charge in [-0.25, -0.2) is 4.79 Å². The molecule has 0 aromatic carbocycles. The van der Waals surface area contributed by atoms with Crippen molar-refractivity contribution in [2.75, 3.05) is 0 Å². The van der Waals surface area contributed by atoms with Gasteiger partial charge in [-0.15, -0.1) is 0 Å². The number of rotatable bonds is 4. The zero-order valence-corrected chi connectivity index (χ0v) is 12.9. The minimum atomic E-state index is -1.06. The first kappa shape index (κ1) is 14.9. The van der Waals surface area contributed by atoms with Crippen molar-refractivity contribution in [2.45, 2.75) is 70.3 Å². The molecular formula is C17H27NO3. The monoisotopic (exact) mass is 293 g/mol. The molecule has 4 atom stereocenters. The molecule has 3 fully saturated rings. The number of hydrogen-bond donors (Lipinski definition) is 2. The summed E-state index contributed by atoms with van der Waals surface area (Å²) in [6, 6.07) is 0. The zero-order chi connectivity index (χ0) is 15.0. The number of aliphatic carboxylic acids is 1. The molecule has 0 saturated heterocycles. The van der Waals surface area contributed by atoms with E-state index in [-0.39, 0.29) is 17.7 Å². The Hall–Kier alpha value is -1.06. The van der Waals surface area contributed by atoms with Gasteiger partial charge in [0.15, 0.2) is 0 Å². The van der Waals surface area contributed by atoms with Crippen LogP contribution in [0.25, 0.3) is 0 Å². The van der Waals surface area contributed by atoms with Crippen LogP contribution in [0.15, 0.2) is 0 Å². The molecule has 0 aliphatic heterocycles. The number of carboxylic acid groups (broad SMARTS) is 1. The molecule has 3 saturated carbocycles. The van der Waals surface area contributed by atoms with Crippen molar-refractivity contribution >= 4 is 11.9 Å². The molecule has 21 heavy (non-hydrogen) atoms. The number of hydrogen-bond acceptors (Lipinski definition) is 2. The highest BCUT2D eigenvalue weighted by atomic mass is 16.4. The van der Waals surface area contributed by atoms with E-state index in [2.05, 4.69) is 5.32 Å². The first-order chi connectivity index (χ1) is 10.0. The topological polar surface area (TPSA) is 66.4 Å². The molecule has 0 spiro atoms.